The van der Waals surface area contributed by atoms with Crippen LogP contribution in [0.3, 0.4) is 0 Å². The molecule has 2 aliphatic rings. The first-order valence-corrected chi connectivity index (χ1v) is 16.5. The zero-order valence-corrected chi connectivity index (χ0v) is 26.9. The summed E-state index contributed by atoms with van der Waals surface area (Å²) in [4.78, 5) is 28.8. The normalized spacial score (nSPS) is 20.6. The highest BCUT2D eigenvalue weighted by Crippen LogP contribution is 2.47. The topological polar surface area (TPSA) is 110 Å². The van der Waals surface area contributed by atoms with Gasteiger partial charge >= 0.3 is 0 Å². The second kappa shape index (κ2) is 14.0. The molecule has 4 N–H and O–H groups in total. The maximum atomic E-state index is 13.9. The lowest BCUT2D eigenvalue weighted by Crippen LogP contribution is -2.38. The number of carbonyl (C=O) groups excluding carboxylic acids is 2. The van der Waals surface area contributed by atoms with E-state index in [0.29, 0.717) is 30.5 Å². The highest BCUT2D eigenvalue weighted by Gasteiger charge is 2.54. The van der Waals surface area contributed by atoms with Crippen molar-refractivity contribution in [3.63, 3.8) is 0 Å². The summed E-state index contributed by atoms with van der Waals surface area (Å²) in [6, 6.07) is 28.4. The van der Waals surface area contributed by atoms with E-state index in [4.69, 9.17) is 0 Å². The molecule has 0 saturated carbocycles. The van der Waals surface area contributed by atoms with Crippen LogP contribution in [0.25, 0.3) is 16.8 Å². The Morgan fingerprint density at radius 3 is 2.28 bits per heavy atom. The molecule has 0 aromatic heterocycles. The van der Waals surface area contributed by atoms with Crippen LogP contribution in [0.1, 0.15) is 51.5 Å². The number of phenolic OH excluding ortho intramolecular Hbond substituents is 1. The molecule has 1 aliphatic carbocycles. The summed E-state index contributed by atoms with van der Waals surface area (Å²) in [5, 5.41) is 37.6. The molecule has 4 aromatic rings. The Morgan fingerprint density at radius 1 is 0.894 bits per heavy atom. The SMILES string of the molecule is CCC/C(=C\c1ccc(O)c2ccccc12)CC[C@@H](O)C1=C(C)C[C@H]2C(=O)N(c3ccc(Nc4ccccc4)cc3)C(=O)[C@H]2[C@H]1CO. The summed E-state index contributed by atoms with van der Waals surface area (Å²) in [6.45, 7) is 3.71. The molecule has 0 radical (unpaired) electrons. The second-order valence-corrected chi connectivity index (χ2v) is 12.7. The predicted molar refractivity (Wildman–Crippen MR) is 187 cm³/mol. The van der Waals surface area contributed by atoms with Gasteiger partial charge in [0.25, 0.3) is 0 Å². The molecule has 0 bridgehead atoms. The quantitative estimate of drug-likeness (QED) is 0.0997. The molecule has 7 heteroatoms. The first-order valence-electron chi connectivity index (χ1n) is 16.5. The number of amides is 2. The monoisotopic (exact) mass is 630 g/mol. The van der Waals surface area contributed by atoms with Crippen LogP contribution in [0.15, 0.2) is 108 Å². The molecule has 1 saturated heterocycles. The fourth-order valence-corrected chi connectivity index (χ4v) is 7.47. The lowest BCUT2D eigenvalue weighted by molar-refractivity contribution is -0.123. The molecule has 1 aliphatic heterocycles. The van der Waals surface area contributed by atoms with E-state index in [2.05, 4.69) is 18.3 Å². The van der Waals surface area contributed by atoms with Crippen LogP contribution >= 0.6 is 0 Å². The first-order chi connectivity index (χ1) is 22.8. The predicted octanol–water partition coefficient (Wildman–Crippen LogP) is 7.75. The number of carbonyl (C=O) groups is 2. The highest BCUT2D eigenvalue weighted by atomic mass is 16.3. The third-order valence-electron chi connectivity index (χ3n) is 9.68. The number of anilines is 3. The Labute approximate surface area is 275 Å². The minimum absolute atomic E-state index is 0.244. The van der Waals surface area contributed by atoms with Gasteiger partial charge in [0.15, 0.2) is 0 Å². The third kappa shape index (κ3) is 6.46. The molecule has 0 unspecified atom stereocenters. The van der Waals surface area contributed by atoms with Crippen LogP contribution in [0.4, 0.5) is 17.1 Å². The molecule has 6 rings (SSSR count). The number of nitrogens with zero attached hydrogens (tertiary/aromatic N) is 1. The Kier molecular flexibility index (Phi) is 9.57. The lowest BCUT2D eigenvalue weighted by Gasteiger charge is -2.35. The number of benzene rings is 4. The molecule has 242 valence electrons. The van der Waals surface area contributed by atoms with E-state index < -0.39 is 23.9 Å². The fraction of sp³-hybridized carbons (Fsp3) is 0.300. The van der Waals surface area contributed by atoms with Crippen molar-refractivity contribution >= 4 is 45.7 Å². The lowest BCUT2D eigenvalue weighted by atomic mass is 9.68. The largest absolute Gasteiger partial charge is 0.507 e. The first kappa shape index (κ1) is 32.2. The van der Waals surface area contributed by atoms with Gasteiger partial charge < -0.3 is 20.6 Å². The number of nitrogens with one attached hydrogen (secondary N) is 1. The van der Waals surface area contributed by atoms with Crippen LogP contribution in [0.2, 0.25) is 0 Å². The second-order valence-electron chi connectivity index (χ2n) is 12.7. The van der Waals surface area contributed by atoms with Gasteiger partial charge in [-0.2, -0.15) is 0 Å². The van der Waals surface area contributed by atoms with Crippen molar-refractivity contribution in [3.8, 4) is 5.75 Å². The smallest absolute Gasteiger partial charge is 0.238 e. The molecular weight excluding hydrogens is 588 g/mol. The van der Waals surface area contributed by atoms with Crippen molar-refractivity contribution in [2.75, 3.05) is 16.8 Å². The molecule has 4 atom stereocenters. The summed E-state index contributed by atoms with van der Waals surface area (Å²) < 4.78 is 0. The number of aromatic hydroxyl groups is 1. The maximum Gasteiger partial charge on any atom is 0.238 e. The molecule has 47 heavy (non-hydrogen) atoms. The Morgan fingerprint density at radius 2 is 1.57 bits per heavy atom. The van der Waals surface area contributed by atoms with E-state index in [9.17, 15) is 24.9 Å². The molecular formula is C40H42N2O5. The average molecular weight is 631 g/mol. The maximum absolute atomic E-state index is 13.9. The number of aliphatic hydroxyl groups is 2. The number of aliphatic hydroxyl groups excluding tert-OH is 2. The van der Waals surface area contributed by atoms with Gasteiger partial charge in [-0.25, -0.2) is 0 Å². The summed E-state index contributed by atoms with van der Waals surface area (Å²) in [6.07, 6.45) is 4.54. The Bertz CT molecular complexity index is 1830. The van der Waals surface area contributed by atoms with Gasteiger partial charge in [-0.15, -0.1) is 0 Å². The van der Waals surface area contributed by atoms with E-state index in [0.717, 1.165) is 46.1 Å². The number of hydrogen-bond acceptors (Lipinski definition) is 6. The van der Waals surface area contributed by atoms with E-state index in [1.807, 2.05) is 79.7 Å². The van der Waals surface area contributed by atoms with E-state index in [1.165, 1.54) is 10.5 Å². The number of para-hydroxylation sites is 1. The van der Waals surface area contributed by atoms with Crippen molar-refractivity contribution in [1.29, 1.82) is 0 Å². The molecule has 0 spiro atoms. The van der Waals surface area contributed by atoms with Gasteiger partial charge in [-0.3, -0.25) is 14.5 Å². The van der Waals surface area contributed by atoms with E-state index in [-0.39, 0.29) is 24.2 Å². The summed E-state index contributed by atoms with van der Waals surface area (Å²) in [7, 11) is 0. The molecule has 2 amide bonds. The molecule has 4 aromatic carbocycles. The summed E-state index contributed by atoms with van der Waals surface area (Å²) in [5.74, 6) is -2.28. The zero-order valence-electron chi connectivity index (χ0n) is 26.9. The third-order valence-corrected chi connectivity index (χ3v) is 9.68. The van der Waals surface area contributed by atoms with Crippen molar-refractivity contribution in [2.45, 2.75) is 52.1 Å². The van der Waals surface area contributed by atoms with Gasteiger partial charge in [-0.1, -0.05) is 79.1 Å². The van der Waals surface area contributed by atoms with Gasteiger partial charge in [-0.05, 0) is 91.6 Å². The molecule has 7 nitrogen and oxygen atoms in total. The summed E-state index contributed by atoms with van der Waals surface area (Å²) >= 11 is 0. The van der Waals surface area contributed by atoms with Gasteiger partial charge in [0.05, 0.1) is 30.2 Å². The Hall–Kier alpha value is -4.72. The number of fused-ring (bicyclic) bond motifs is 2. The number of allylic oxidation sites excluding steroid dienone is 2. The highest BCUT2D eigenvalue weighted by molar-refractivity contribution is 6.22. The minimum Gasteiger partial charge on any atom is -0.507 e. The molecule has 1 fully saturated rings. The van der Waals surface area contributed by atoms with E-state index >= 15 is 0 Å². The minimum atomic E-state index is -0.856. The van der Waals surface area contributed by atoms with Crippen LogP contribution in [-0.2, 0) is 9.59 Å². The number of hydrogen-bond donors (Lipinski definition) is 4. The summed E-state index contributed by atoms with van der Waals surface area (Å²) in [5.41, 5.74) is 6.02. The van der Waals surface area contributed by atoms with Crippen molar-refractivity contribution in [3.05, 3.63) is 113 Å². The van der Waals surface area contributed by atoms with Crippen LogP contribution in [-0.4, -0.2) is 39.8 Å². The molecule has 1 heterocycles. The van der Waals surface area contributed by atoms with Crippen LogP contribution < -0.4 is 10.2 Å². The fourth-order valence-electron chi connectivity index (χ4n) is 7.47. The number of phenols is 1. The van der Waals surface area contributed by atoms with Crippen molar-refractivity contribution < 1.29 is 24.9 Å². The zero-order chi connectivity index (χ0) is 33.1. The number of imide groups is 1. The van der Waals surface area contributed by atoms with Gasteiger partial charge in [0.2, 0.25) is 11.8 Å². The van der Waals surface area contributed by atoms with Crippen LogP contribution in [0, 0.1) is 17.8 Å². The van der Waals surface area contributed by atoms with Crippen molar-refractivity contribution in [1.82, 2.24) is 0 Å². The van der Waals surface area contributed by atoms with Crippen LogP contribution in [0.5, 0.6) is 5.75 Å². The average Bonchev–Trinajstić information content (AvgIpc) is 3.33. The van der Waals surface area contributed by atoms with Gasteiger partial charge in [0, 0.05) is 22.7 Å². The Balaban J connectivity index is 1.19. The standard InChI is InChI=1S/C40H42N2O5/c1-3-9-26(23-27-15-21-35(44)32-13-8-7-12-31(27)32)14-20-36(45)37-25(2)22-33-38(34(37)24-43)40(47)42(39(33)46)30-18-16-29(17-19-30)41-28-10-5-4-6-11-28/h4-8,10-13,15-19,21,23,33-34,36,38,41,43-45H,3,9,14,20,22,24H2,1-2H3/b26-23+/t33-,34+,36-,38-/m1/s1. The van der Waals surface area contributed by atoms with Gasteiger partial charge in [0.1, 0.15) is 5.75 Å². The number of rotatable bonds is 11. The van der Waals surface area contributed by atoms with E-state index in [1.54, 1.807) is 18.2 Å². The van der Waals surface area contributed by atoms with Crippen molar-refractivity contribution in [2.24, 2.45) is 17.8 Å².